The van der Waals surface area contributed by atoms with E-state index in [1.54, 1.807) is 0 Å². The van der Waals surface area contributed by atoms with Gasteiger partial charge in [-0.3, -0.25) is 4.57 Å². The van der Waals surface area contributed by atoms with Crippen molar-refractivity contribution in [2.45, 2.75) is 0 Å². The molecule has 2 aromatic rings. The van der Waals surface area contributed by atoms with Gasteiger partial charge in [-0.2, -0.15) is 0 Å². The van der Waals surface area contributed by atoms with Gasteiger partial charge in [0.2, 0.25) is 0 Å². The van der Waals surface area contributed by atoms with E-state index in [0.29, 0.717) is 5.75 Å². The molecule has 1 aromatic heterocycles. The first kappa shape index (κ1) is 15.2. The Morgan fingerprint density at radius 3 is 2.00 bits per heavy atom. The van der Waals surface area contributed by atoms with Gasteiger partial charge in [0.1, 0.15) is 5.75 Å². The third-order valence-electron chi connectivity index (χ3n) is 3.03. The van der Waals surface area contributed by atoms with Crippen molar-refractivity contribution >= 4 is 11.9 Å². The Morgan fingerprint density at radius 2 is 1.55 bits per heavy atom. The van der Waals surface area contributed by atoms with Crippen molar-refractivity contribution in [3.8, 4) is 22.9 Å². The van der Waals surface area contributed by atoms with Gasteiger partial charge in [-0.05, 0) is 24.3 Å². The molecular weight excluding hydrogens is 294 g/mol. The lowest BCUT2D eigenvalue weighted by Crippen LogP contribution is -2.14. The van der Waals surface area contributed by atoms with Crippen molar-refractivity contribution in [1.82, 2.24) is 4.57 Å². The second-order valence-electron chi connectivity index (χ2n) is 4.22. The molecule has 8 nitrogen and oxygen atoms in total. The number of aromatic carboxylic acids is 1. The summed E-state index contributed by atoms with van der Waals surface area (Å²) in [7, 11) is 2.54. The molecule has 0 amide bonds. The molecule has 0 aliphatic rings. The molecule has 0 aliphatic heterocycles. The van der Waals surface area contributed by atoms with Crippen LogP contribution in [0, 0.1) is 0 Å². The highest BCUT2D eigenvalue weighted by atomic mass is 16.5. The molecule has 0 saturated carbocycles. The summed E-state index contributed by atoms with van der Waals surface area (Å²) >= 11 is 0. The predicted octanol–water partition coefficient (Wildman–Crippen LogP) is 1.38. The van der Waals surface area contributed by atoms with Crippen LogP contribution in [0.1, 0.15) is 21.0 Å². The molecule has 0 radical (unpaired) electrons. The normalized spacial score (nSPS) is 10.3. The van der Waals surface area contributed by atoms with Crippen LogP contribution in [0.2, 0.25) is 0 Å². The topological polar surface area (TPSA) is 118 Å². The number of benzene rings is 1. The Bertz CT molecular complexity index is 731. The zero-order valence-electron chi connectivity index (χ0n) is 11.7. The molecule has 2 rings (SSSR count). The number of esters is 1. The highest BCUT2D eigenvalue weighted by Gasteiger charge is 2.32. The Balaban J connectivity index is 2.78. The van der Waals surface area contributed by atoms with Gasteiger partial charge < -0.3 is 24.8 Å². The van der Waals surface area contributed by atoms with E-state index in [1.165, 1.54) is 31.4 Å². The van der Waals surface area contributed by atoms with Crippen molar-refractivity contribution in [1.29, 1.82) is 0 Å². The first-order valence-electron chi connectivity index (χ1n) is 6.05. The van der Waals surface area contributed by atoms with E-state index >= 15 is 0 Å². The van der Waals surface area contributed by atoms with Crippen LogP contribution in [-0.2, 0) is 4.74 Å². The van der Waals surface area contributed by atoms with Gasteiger partial charge in [-0.1, -0.05) is 0 Å². The van der Waals surface area contributed by atoms with Crippen LogP contribution in [-0.4, -0.2) is 46.0 Å². The number of aromatic hydroxyl groups is 2. The van der Waals surface area contributed by atoms with Crippen molar-refractivity contribution in [2.75, 3.05) is 14.2 Å². The van der Waals surface area contributed by atoms with Crippen LogP contribution in [0.15, 0.2) is 24.3 Å². The summed E-state index contributed by atoms with van der Waals surface area (Å²) in [5.41, 5.74) is -0.903. The fourth-order valence-electron chi connectivity index (χ4n) is 2.02. The van der Waals surface area contributed by atoms with Gasteiger partial charge in [0.05, 0.1) is 14.2 Å². The third kappa shape index (κ3) is 2.30. The molecule has 22 heavy (non-hydrogen) atoms. The summed E-state index contributed by atoms with van der Waals surface area (Å²) < 4.78 is 10.4. The first-order valence-corrected chi connectivity index (χ1v) is 6.05. The summed E-state index contributed by atoms with van der Waals surface area (Å²) in [4.78, 5) is 23.2. The van der Waals surface area contributed by atoms with Crippen LogP contribution >= 0.6 is 0 Å². The van der Waals surface area contributed by atoms with Gasteiger partial charge >= 0.3 is 11.9 Å². The van der Waals surface area contributed by atoms with E-state index in [-0.39, 0.29) is 5.69 Å². The first-order chi connectivity index (χ1) is 10.4. The number of carbonyl (C=O) groups excluding carboxylic acids is 1. The molecule has 1 heterocycles. The van der Waals surface area contributed by atoms with Gasteiger partial charge in [-0.15, -0.1) is 0 Å². The average Bonchev–Trinajstić information content (AvgIpc) is 2.78. The third-order valence-corrected chi connectivity index (χ3v) is 3.03. The van der Waals surface area contributed by atoms with E-state index in [2.05, 4.69) is 4.74 Å². The standard InChI is InChI=1S/C14H13NO7/c1-21-8-5-3-7(4-6-8)15-9(13(18)19)11(16)12(17)10(15)14(20)22-2/h3-6,16-17H,1-2H3,(H,18,19). The molecule has 0 spiro atoms. The molecule has 3 N–H and O–H groups in total. The number of nitrogens with zero attached hydrogens (tertiary/aromatic N) is 1. The van der Waals surface area contributed by atoms with Crippen molar-refractivity contribution < 1.29 is 34.4 Å². The Kier molecular flexibility index (Phi) is 3.93. The second kappa shape index (κ2) is 5.68. The van der Waals surface area contributed by atoms with Gasteiger partial charge in [0.25, 0.3) is 0 Å². The van der Waals surface area contributed by atoms with Crippen molar-refractivity contribution in [2.24, 2.45) is 0 Å². The summed E-state index contributed by atoms with van der Waals surface area (Å²) in [6.07, 6.45) is 0. The van der Waals surface area contributed by atoms with Crippen LogP contribution < -0.4 is 4.74 Å². The highest BCUT2D eigenvalue weighted by molar-refractivity contribution is 5.99. The largest absolute Gasteiger partial charge is 0.503 e. The van der Waals surface area contributed by atoms with Gasteiger partial charge in [-0.25, -0.2) is 9.59 Å². The van der Waals surface area contributed by atoms with Crippen LogP contribution in [0.25, 0.3) is 5.69 Å². The number of rotatable bonds is 4. The maximum Gasteiger partial charge on any atom is 0.359 e. The van der Waals surface area contributed by atoms with E-state index in [0.717, 1.165) is 11.7 Å². The van der Waals surface area contributed by atoms with Crippen LogP contribution in [0.3, 0.4) is 0 Å². The monoisotopic (exact) mass is 307 g/mol. The summed E-state index contributed by atoms with van der Waals surface area (Å²) in [6.45, 7) is 0. The fraction of sp³-hybridized carbons (Fsp3) is 0.143. The summed E-state index contributed by atoms with van der Waals surface area (Å²) in [6, 6.07) is 6.01. The van der Waals surface area contributed by atoms with E-state index < -0.39 is 34.8 Å². The minimum Gasteiger partial charge on any atom is -0.503 e. The molecule has 0 unspecified atom stereocenters. The molecule has 0 bridgehead atoms. The van der Waals surface area contributed by atoms with Gasteiger partial charge in [0.15, 0.2) is 22.9 Å². The number of aromatic nitrogens is 1. The highest BCUT2D eigenvalue weighted by Crippen LogP contribution is 2.38. The second-order valence-corrected chi connectivity index (χ2v) is 4.22. The lowest BCUT2D eigenvalue weighted by atomic mass is 10.2. The summed E-state index contributed by atoms with van der Waals surface area (Å²) in [5, 5.41) is 28.9. The average molecular weight is 307 g/mol. The molecule has 8 heteroatoms. The zero-order valence-corrected chi connectivity index (χ0v) is 11.7. The maximum atomic E-state index is 11.8. The number of ether oxygens (including phenoxy) is 2. The van der Waals surface area contributed by atoms with Crippen molar-refractivity contribution in [3.63, 3.8) is 0 Å². The Morgan fingerprint density at radius 1 is 1.00 bits per heavy atom. The number of carbonyl (C=O) groups is 2. The van der Waals surface area contributed by atoms with Crippen LogP contribution in [0.4, 0.5) is 0 Å². The van der Waals surface area contributed by atoms with Crippen molar-refractivity contribution in [3.05, 3.63) is 35.7 Å². The number of carboxylic acid groups (broad SMARTS) is 1. The smallest absolute Gasteiger partial charge is 0.359 e. The lowest BCUT2D eigenvalue weighted by molar-refractivity contribution is 0.0587. The minimum absolute atomic E-state index is 0.231. The molecular formula is C14H13NO7. The maximum absolute atomic E-state index is 11.8. The van der Waals surface area contributed by atoms with Gasteiger partial charge in [0, 0.05) is 5.69 Å². The zero-order chi connectivity index (χ0) is 16.4. The molecule has 0 saturated heterocycles. The molecule has 1 aromatic carbocycles. The number of methoxy groups -OCH3 is 2. The number of carboxylic acids is 1. The molecule has 116 valence electrons. The van der Waals surface area contributed by atoms with E-state index in [4.69, 9.17) is 4.74 Å². The Hall–Kier alpha value is -3.16. The quantitative estimate of drug-likeness (QED) is 0.730. The van der Waals surface area contributed by atoms with E-state index in [1.807, 2.05) is 0 Å². The minimum atomic E-state index is -1.52. The Labute approximate surface area is 124 Å². The lowest BCUT2D eigenvalue weighted by Gasteiger charge is -2.10. The van der Waals surface area contributed by atoms with Crippen LogP contribution in [0.5, 0.6) is 17.2 Å². The summed E-state index contributed by atoms with van der Waals surface area (Å²) in [5.74, 6) is -3.76. The molecule has 0 fully saturated rings. The molecule has 0 atom stereocenters. The number of hydrogen-bond acceptors (Lipinski definition) is 6. The molecule has 0 aliphatic carbocycles. The van der Waals surface area contributed by atoms with E-state index in [9.17, 15) is 24.9 Å². The SMILES string of the molecule is COC(=O)c1c(O)c(O)c(C(=O)O)n1-c1ccc(OC)cc1. The fourth-order valence-corrected chi connectivity index (χ4v) is 2.02. The predicted molar refractivity (Wildman–Crippen MR) is 73.9 cm³/mol. The number of hydrogen-bond donors (Lipinski definition) is 3.